The molecule has 2 rings (SSSR count). The Labute approximate surface area is 101 Å². The van der Waals surface area contributed by atoms with E-state index in [0.717, 1.165) is 25.1 Å². The highest BCUT2D eigenvalue weighted by Crippen LogP contribution is 2.12. The molecule has 2 unspecified atom stereocenters. The first-order chi connectivity index (χ1) is 8.16. The van der Waals surface area contributed by atoms with Gasteiger partial charge in [0.05, 0.1) is 12.6 Å². The summed E-state index contributed by atoms with van der Waals surface area (Å²) < 4.78 is 1.80. The molecule has 2 heterocycles. The minimum Gasteiger partial charge on any atom is -0.347 e. The molecule has 0 spiro atoms. The summed E-state index contributed by atoms with van der Waals surface area (Å²) in [6, 6.07) is 0.362. The van der Waals surface area contributed by atoms with Gasteiger partial charge in [-0.25, -0.2) is 0 Å². The Morgan fingerprint density at radius 3 is 3.12 bits per heavy atom. The Kier molecular flexibility index (Phi) is 3.73. The van der Waals surface area contributed by atoms with E-state index in [9.17, 15) is 4.79 Å². The maximum absolute atomic E-state index is 11.9. The molecule has 1 saturated heterocycles. The molecule has 1 amide bonds. The minimum absolute atomic E-state index is 0.0551. The summed E-state index contributed by atoms with van der Waals surface area (Å²) in [7, 11) is 1.86. The fourth-order valence-electron chi connectivity index (χ4n) is 2.10. The van der Waals surface area contributed by atoms with Gasteiger partial charge in [-0.2, -0.15) is 0 Å². The molecule has 17 heavy (non-hydrogen) atoms. The van der Waals surface area contributed by atoms with E-state index in [1.165, 1.54) is 0 Å². The molecular formula is C11H19N5O. The molecule has 1 aromatic rings. The van der Waals surface area contributed by atoms with Crippen LogP contribution < -0.4 is 10.6 Å². The van der Waals surface area contributed by atoms with Crippen LogP contribution in [-0.2, 0) is 18.4 Å². The molecule has 0 aromatic carbocycles. The van der Waals surface area contributed by atoms with Crippen molar-refractivity contribution in [3.8, 4) is 0 Å². The van der Waals surface area contributed by atoms with Crippen LogP contribution in [0.2, 0.25) is 0 Å². The molecule has 1 aliphatic heterocycles. The van der Waals surface area contributed by atoms with Crippen molar-refractivity contribution in [2.75, 3.05) is 0 Å². The number of hydrogen-bond donors (Lipinski definition) is 2. The van der Waals surface area contributed by atoms with E-state index in [4.69, 9.17) is 0 Å². The highest BCUT2D eigenvalue weighted by Gasteiger charge is 2.23. The SMILES string of the molecule is CC1CCCC(C(=O)NCc2nncn2C)N1. The first-order valence-electron chi connectivity index (χ1n) is 6.03. The third-order valence-corrected chi connectivity index (χ3v) is 3.16. The number of nitrogens with one attached hydrogen (secondary N) is 2. The zero-order chi connectivity index (χ0) is 12.3. The average Bonchev–Trinajstić information content (AvgIpc) is 2.72. The fourth-order valence-corrected chi connectivity index (χ4v) is 2.10. The van der Waals surface area contributed by atoms with Gasteiger partial charge >= 0.3 is 0 Å². The molecule has 0 aliphatic carbocycles. The van der Waals surface area contributed by atoms with E-state index >= 15 is 0 Å². The van der Waals surface area contributed by atoms with E-state index in [0.29, 0.717) is 12.6 Å². The van der Waals surface area contributed by atoms with Crippen LogP contribution in [-0.4, -0.2) is 32.8 Å². The van der Waals surface area contributed by atoms with Crippen molar-refractivity contribution in [3.63, 3.8) is 0 Å². The van der Waals surface area contributed by atoms with Crippen LogP contribution in [0, 0.1) is 0 Å². The Balaban J connectivity index is 1.83. The standard InChI is InChI=1S/C11H19N5O/c1-8-4-3-5-9(14-8)11(17)12-6-10-15-13-7-16(10)2/h7-9,14H,3-6H2,1-2H3,(H,12,17). The molecule has 0 bridgehead atoms. The highest BCUT2D eigenvalue weighted by atomic mass is 16.2. The second kappa shape index (κ2) is 5.27. The van der Waals surface area contributed by atoms with Crippen molar-refractivity contribution in [1.82, 2.24) is 25.4 Å². The van der Waals surface area contributed by atoms with Gasteiger partial charge in [0.25, 0.3) is 0 Å². The summed E-state index contributed by atoms with van der Waals surface area (Å²) in [6.07, 6.45) is 4.79. The van der Waals surface area contributed by atoms with Crippen LogP contribution in [0.5, 0.6) is 0 Å². The summed E-state index contributed by atoms with van der Waals surface area (Å²) >= 11 is 0. The van der Waals surface area contributed by atoms with Crippen LogP contribution in [0.25, 0.3) is 0 Å². The lowest BCUT2D eigenvalue weighted by Crippen LogP contribution is -2.49. The van der Waals surface area contributed by atoms with Gasteiger partial charge in [-0.05, 0) is 26.2 Å². The van der Waals surface area contributed by atoms with Crippen LogP contribution in [0.15, 0.2) is 6.33 Å². The number of piperidine rings is 1. The maximum atomic E-state index is 11.9. The van der Waals surface area contributed by atoms with Crippen molar-refractivity contribution < 1.29 is 4.79 Å². The summed E-state index contributed by atoms with van der Waals surface area (Å²) in [6.45, 7) is 2.55. The number of carbonyl (C=O) groups is 1. The number of hydrogen-bond acceptors (Lipinski definition) is 4. The van der Waals surface area contributed by atoms with Gasteiger partial charge in [0.1, 0.15) is 6.33 Å². The zero-order valence-electron chi connectivity index (χ0n) is 10.3. The molecule has 1 aromatic heterocycles. The Morgan fingerprint density at radius 2 is 2.47 bits per heavy atom. The van der Waals surface area contributed by atoms with Gasteiger partial charge in [0, 0.05) is 13.1 Å². The number of carbonyl (C=O) groups excluding carboxylic acids is 1. The molecule has 94 valence electrons. The van der Waals surface area contributed by atoms with E-state index in [1.807, 2.05) is 7.05 Å². The minimum atomic E-state index is -0.0630. The Morgan fingerprint density at radius 1 is 1.65 bits per heavy atom. The lowest BCUT2D eigenvalue weighted by atomic mass is 9.99. The van der Waals surface area contributed by atoms with Crippen molar-refractivity contribution in [2.45, 2.75) is 44.8 Å². The van der Waals surface area contributed by atoms with Gasteiger partial charge in [0.15, 0.2) is 5.82 Å². The summed E-state index contributed by atoms with van der Waals surface area (Å²) in [4.78, 5) is 11.9. The molecule has 1 aliphatic rings. The van der Waals surface area contributed by atoms with E-state index in [-0.39, 0.29) is 11.9 Å². The predicted octanol–water partition coefficient (Wildman–Crippen LogP) is -0.0381. The van der Waals surface area contributed by atoms with Gasteiger partial charge < -0.3 is 15.2 Å². The molecule has 0 radical (unpaired) electrons. The maximum Gasteiger partial charge on any atom is 0.237 e. The summed E-state index contributed by atoms with van der Waals surface area (Å²) in [5.41, 5.74) is 0. The Hall–Kier alpha value is -1.43. The Bertz CT molecular complexity index is 389. The summed E-state index contributed by atoms with van der Waals surface area (Å²) in [5, 5.41) is 13.9. The second-order valence-corrected chi connectivity index (χ2v) is 4.63. The van der Waals surface area contributed by atoms with E-state index < -0.39 is 0 Å². The molecule has 2 N–H and O–H groups in total. The lowest BCUT2D eigenvalue weighted by molar-refractivity contribution is -0.124. The number of aromatic nitrogens is 3. The molecule has 6 heteroatoms. The molecule has 1 fully saturated rings. The van der Waals surface area contributed by atoms with Crippen LogP contribution in [0.3, 0.4) is 0 Å². The molecule has 6 nitrogen and oxygen atoms in total. The highest BCUT2D eigenvalue weighted by molar-refractivity contribution is 5.81. The second-order valence-electron chi connectivity index (χ2n) is 4.63. The third-order valence-electron chi connectivity index (χ3n) is 3.16. The van der Waals surface area contributed by atoms with Gasteiger partial charge in [-0.1, -0.05) is 0 Å². The molecule has 2 atom stereocenters. The summed E-state index contributed by atoms with van der Waals surface area (Å²) in [5.74, 6) is 0.821. The van der Waals surface area contributed by atoms with Crippen LogP contribution in [0.1, 0.15) is 32.0 Å². The largest absolute Gasteiger partial charge is 0.347 e. The topological polar surface area (TPSA) is 71.8 Å². The van der Waals surface area contributed by atoms with Crippen molar-refractivity contribution in [3.05, 3.63) is 12.2 Å². The monoisotopic (exact) mass is 237 g/mol. The zero-order valence-corrected chi connectivity index (χ0v) is 10.3. The molecule has 0 saturated carbocycles. The predicted molar refractivity (Wildman–Crippen MR) is 63.1 cm³/mol. The first kappa shape index (κ1) is 12.0. The quantitative estimate of drug-likeness (QED) is 0.774. The third kappa shape index (κ3) is 3.03. The molecular weight excluding hydrogens is 218 g/mol. The average molecular weight is 237 g/mol. The van der Waals surface area contributed by atoms with Gasteiger partial charge in [-0.3, -0.25) is 4.79 Å². The number of rotatable bonds is 3. The van der Waals surface area contributed by atoms with Crippen molar-refractivity contribution >= 4 is 5.91 Å². The number of nitrogens with zero attached hydrogens (tertiary/aromatic N) is 3. The first-order valence-corrected chi connectivity index (χ1v) is 6.03. The van der Waals surface area contributed by atoms with Crippen molar-refractivity contribution in [1.29, 1.82) is 0 Å². The van der Waals surface area contributed by atoms with Crippen LogP contribution >= 0.6 is 0 Å². The number of aryl methyl sites for hydroxylation is 1. The van der Waals surface area contributed by atoms with Gasteiger partial charge in [0.2, 0.25) is 5.91 Å². The van der Waals surface area contributed by atoms with Crippen molar-refractivity contribution in [2.24, 2.45) is 7.05 Å². The fraction of sp³-hybridized carbons (Fsp3) is 0.727. The van der Waals surface area contributed by atoms with E-state index in [2.05, 4.69) is 27.8 Å². The lowest BCUT2D eigenvalue weighted by Gasteiger charge is -2.27. The normalized spacial score (nSPS) is 24.6. The smallest absolute Gasteiger partial charge is 0.237 e. The van der Waals surface area contributed by atoms with Gasteiger partial charge in [-0.15, -0.1) is 10.2 Å². The van der Waals surface area contributed by atoms with Crippen LogP contribution in [0.4, 0.5) is 0 Å². The number of amides is 1. The van der Waals surface area contributed by atoms with E-state index in [1.54, 1.807) is 10.9 Å².